The van der Waals surface area contributed by atoms with Crippen molar-refractivity contribution in [2.45, 2.75) is 52.4 Å². The highest BCUT2D eigenvalue weighted by Gasteiger charge is 2.26. The first kappa shape index (κ1) is 20.2. The summed E-state index contributed by atoms with van der Waals surface area (Å²) in [5, 5.41) is 9.08. The smallest absolute Gasteiger partial charge is 0.126 e. The average Bonchev–Trinajstić information content (AvgIpc) is 2.66. The molecule has 1 atom stereocenters. The Morgan fingerprint density at radius 2 is 1.65 bits per heavy atom. The van der Waals surface area contributed by atoms with E-state index in [9.17, 15) is 0 Å². The lowest BCUT2D eigenvalue weighted by molar-refractivity contribution is 0.282. The molecule has 0 saturated carbocycles. The van der Waals surface area contributed by atoms with E-state index in [2.05, 4.69) is 31.8 Å². The van der Waals surface area contributed by atoms with Gasteiger partial charge < -0.3 is 14.6 Å². The van der Waals surface area contributed by atoms with E-state index in [1.165, 1.54) is 11.1 Å². The zero-order valence-corrected chi connectivity index (χ0v) is 16.6. The maximum Gasteiger partial charge on any atom is 0.126 e. The van der Waals surface area contributed by atoms with Crippen molar-refractivity contribution in [3.05, 3.63) is 52.3 Å². The summed E-state index contributed by atoms with van der Waals surface area (Å²) in [6.45, 7) is 6.52. The number of aliphatic hydroxyl groups is 1. The molecule has 0 radical (unpaired) electrons. The molecule has 26 heavy (non-hydrogen) atoms. The molecule has 1 N–H and O–H groups in total. The summed E-state index contributed by atoms with van der Waals surface area (Å²) in [5.41, 5.74) is 5.74. The van der Waals surface area contributed by atoms with E-state index >= 15 is 0 Å². The summed E-state index contributed by atoms with van der Waals surface area (Å²) < 4.78 is 11.6. The minimum atomic E-state index is 0.186. The maximum atomic E-state index is 9.08. The van der Waals surface area contributed by atoms with Crippen LogP contribution in [0.5, 0.6) is 11.5 Å². The third-order valence-corrected chi connectivity index (χ3v) is 5.23. The van der Waals surface area contributed by atoms with Crippen LogP contribution in [0, 0.1) is 20.8 Å². The Morgan fingerprint density at radius 1 is 0.962 bits per heavy atom. The molecule has 1 aromatic carbocycles. The molecule has 0 saturated heterocycles. The molecule has 2 aromatic rings. The number of methoxy groups -OCH3 is 2. The highest BCUT2D eigenvalue weighted by atomic mass is 16.5. The number of unbranched alkanes of at least 4 members (excludes halogenated alkanes) is 2. The molecular weight excluding hydrogens is 326 g/mol. The van der Waals surface area contributed by atoms with E-state index in [1.54, 1.807) is 20.4 Å². The molecule has 0 aliphatic rings. The third-order valence-electron chi connectivity index (χ3n) is 5.23. The molecule has 4 nitrogen and oxygen atoms in total. The number of hydrogen-bond acceptors (Lipinski definition) is 4. The summed E-state index contributed by atoms with van der Waals surface area (Å²) in [4.78, 5) is 4.33. The van der Waals surface area contributed by atoms with Gasteiger partial charge in [0.25, 0.3) is 0 Å². The van der Waals surface area contributed by atoms with Gasteiger partial charge in [-0.25, -0.2) is 0 Å². The van der Waals surface area contributed by atoms with Crippen molar-refractivity contribution in [3.63, 3.8) is 0 Å². The van der Waals surface area contributed by atoms with Crippen LogP contribution in [0.15, 0.2) is 24.5 Å². The molecular formula is C22H31NO3. The summed E-state index contributed by atoms with van der Waals surface area (Å²) in [6.07, 6.45) is 7.61. The Labute approximate surface area is 157 Å². The SMILES string of the molecule is COc1c(C)c(C)c(OC)c(C(CCCCCO)c2cccnc2)c1C. The molecule has 2 rings (SSSR count). The van der Waals surface area contributed by atoms with E-state index in [1.807, 2.05) is 12.3 Å². The number of aromatic nitrogens is 1. The first-order valence-electron chi connectivity index (χ1n) is 9.29. The second-order valence-electron chi connectivity index (χ2n) is 6.77. The highest BCUT2D eigenvalue weighted by Crippen LogP contribution is 2.45. The van der Waals surface area contributed by atoms with Crippen molar-refractivity contribution in [3.8, 4) is 11.5 Å². The third kappa shape index (κ3) is 4.18. The normalized spacial score (nSPS) is 12.1. The topological polar surface area (TPSA) is 51.6 Å². The van der Waals surface area contributed by atoms with E-state index in [0.29, 0.717) is 0 Å². The van der Waals surface area contributed by atoms with Crippen molar-refractivity contribution in [1.82, 2.24) is 4.98 Å². The lowest BCUT2D eigenvalue weighted by atomic mass is 9.82. The standard InChI is InChI=1S/C22H31NO3/c1-15-16(2)22(26-5)20(17(3)21(15)25-4)19(11-7-6-8-13-24)18-10-9-12-23-14-18/h9-10,12,14,19,24H,6-8,11,13H2,1-5H3. The fourth-order valence-electron chi connectivity index (χ4n) is 3.80. The van der Waals surface area contributed by atoms with Crippen LogP contribution in [-0.4, -0.2) is 30.9 Å². The van der Waals surface area contributed by atoms with Gasteiger partial charge in [0, 0.05) is 30.5 Å². The van der Waals surface area contributed by atoms with Gasteiger partial charge in [0.1, 0.15) is 11.5 Å². The molecule has 142 valence electrons. The van der Waals surface area contributed by atoms with E-state index in [4.69, 9.17) is 14.6 Å². The number of ether oxygens (including phenoxy) is 2. The Hall–Kier alpha value is -2.07. The molecule has 0 aliphatic carbocycles. The van der Waals surface area contributed by atoms with Crippen LogP contribution in [-0.2, 0) is 0 Å². The molecule has 0 bridgehead atoms. The second kappa shape index (κ2) is 9.58. The van der Waals surface area contributed by atoms with Crippen LogP contribution in [0.1, 0.15) is 59.4 Å². The monoisotopic (exact) mass is 357 g/mol. The van der Waals surface area contributed by atoms with Crippen LogP contribution >= 0.6 is 0 Å². The van der Waals surface area contributed by atoms with Crippen LogP contribution in [0.4, 0.5) is 0 Å². The van der Waals surface area contributed by atoms with Crippen LogP contribution in [0.25, 0.3) is 0 Å². The Morgan fingerprint density at radius 3 is 2.23 bits per heavy atom. The number of hydrogen-bond donors (Lipinski definition) is 1. The van der Waals surface area contributed by atoms with Gasteiger partial charge >= 0.3 is 0 Å². The summed E-state index contributed by atoms with van der Waals surface area (Å²) in [5.74, 6) is 2.06. The van der Waals surface area contributed by atoms with Crippen molar-refractivity contribution in [2.75, 3.05) is 20.8 Å². The second-order valence-corrected chi connectivity index (χ2v) is 6.77. The minimum absolute atomic E-state index is 0.186. The van der Waals surface area contributed by atoms with Gasteiger partial charge in [-0.3, -0.25) is 4.98 Å². The Bertz CT molecular complexity index is 713. The fraction of sp³-hybridized carbons (Fsp3) is 0.500. The molecule has 0 spiro atoms. The van der Waals surface area contributed by atoms with Gasteiger partial charge in [-0.1, -0.05) is 18.9 Å². The quantitative estimate of drug-likeness (QED) is 0.661. The van der Waals surface area contributed by atoms with Gasteiger partial charge in [-0.15, -0.1) is 0 Å². The Balaban J connectivity index is 2.58. The number of nitrogens with zero attached hydrogens (tertiary/aromatic N) is 1. The zero-order valence-electron chi connectivity index (χ0n) is 16.6. The lowest BCUT2D eigenvalue weighted by Crippen LogP contribution is -2.10. The highest BCUT2D eigenvalue weighted by molar-refractivity contribution is 5.60. The first-order chi connectivity index (χ1) is 12.6. The number of rotatable bonds is 9. The molecule has 1 aromatic heterocycles. The molecule has 1 heterocycles. The maximum absolute atomic E-state index is 9.08. The fourth-order valence-corrected chi connectivity index (χ4v) is 3.80. The van der Waals surface area contributed by atoms with Crippen LogP contribution in [0.2, 0.25) is 0 Å². The number of aliphatic hydroxyl groups excluding tert-OH is 1. The summed E-state index contributed by atoms with van der Waals surface area (Å²) >= 11 is 0. The zero-order chi connectivity index (χ0) is 19.1. The molecule has 0 amide bonds. The predicted octanol–water partition coefficient (Wildman–Crippen LogP) is 4.71. The minimum Gasteiger partial charge on any atom is -0.496 e. The summed E-state index contributed by atoms with van der Waals surface area (Å²) in [6, 6.07) is 4.11. The van der Waals surface area contributed by atoms with Gasteiger partial charge in [-0.2, -0.15) is 0 Å². The molecule has 0 fully saturated rings. The number of benzene rings is 1. The molecule has 0 aliphatic heterocycles. The van der Waals surface area contributed by atoms with Gasteiger partial charge in [-0.05, 0) is 61.9 Å². The predicted molar refractivity (Wildman–Crippen MR) is 105 cm³/mol. The largest absolute Gasteiger partial charge is 0.496 e. The van der Waals surface area contributed by atoms with Gasteiger partial charge in [0.2, 0.25) is 0 Å². The van der Waals surface area contributed by atoms with Crippen molar-refractivity contribution in [1.29, 1.82) is 0 Å². The Kier molecular flexibility index (Phi) is 7.46. The molecule has 1 unspecified atom stereocenters. The van der Waals surface area contributed by atoms with Crippen LogP contribution in [0.3, 0.4) is 0 Å². The van der Waals surface area contributed by atoms with Crippen molar-refractivity contribution < 1.29 is 14.6 Å². The van der Waals surface area contributed by atoms with Crippen molar-refractivity contribution in [2.24, 2.45) is 0 Å². The van der Waals surface area contributed by atoms with Gasteiger partial charge in [0.05, 0.1) is 14.2 Å². The van der Waals surface area contributed by atoms with E-state index in [-0.39, 0.29) is 12.5 Å². The summed E-state index contributed by atoms with van der Waals surface area (Å²) in [7, 11) is 3.47. The number of pyridine rings is 1. The van der Waals surface area contributed by atoms with Crippen molar-refractivity contribution >= 4 is 0 Å². The van der Waals surface area contributed by atoms with Gasteiger partial charge in [0.15, 0.2) is 0 Å². The lowest BCUT2D eigenvalue weighted by Gasteiger charge is -2.26. The molecule has 4 heteroatoms. The average molecular weight is 357 g/mol. The van der Waals surface area contributed by atoms with Crippen LogP contribution < -0.4 is 9.47 Å². The first-order valence-corrected chi connectivity index (χ1v) is 9.29. The van der Waals surface area contributed by atoms with E-state index < -0.39 is 0 Å². The van der Waals surface area contributed by atoms with E-state index in [0.717, 1.165) is 53.9 Å².